The first-order valence-electron chi connectivity index (χ1n) is 4.91. The van der Waals surface area contributed by atoms with E-state index in [1.54, 1.807) is 0 Å². The number of hydrogen-bond acceptors (Lipinski definition) is 3. The van der Waals surface area contributed by atoms with E-state index in [0.717, 1.165) is 12.1 Å². The molecule has 0 bridgehead atoms. The van der Waals surface area contributed by atoms with Gasteiger partial charge in [-0.2, -0.15) is 13.2 Å². The van der Waals surface area contributed by atoms with E-state index in [-0.39, 0.29) is 6.10 Å². The molecule has 0 aliphatic heterocycles. The molecule has 1 aromatic rings. The number of nitrogens with zero attached hydrogens (tertiary/aromatic N) is 1. The molecule has 1 saturated carbocycles. The molecule has 0 aromatic heterocycles. The standard InChI is InChI=1S/C10H8F3NO3/c11-10(12,13)9-7(14(15)16)2-1-3-8(9)17-6-4-5-6/h1-3,6H,4-5H2. The predicted molar refractivity (Wildman–Crippen MR) is 51.7 cm³/mol. The number of halogens is 3. The monoisotopic (exact) mass is 247 g/mol. The Morgan fingerprint density at radius 2 is 2.00 bits per heavy atom. The SMILES string of the molecule is O=[N+]([O-])c1cccc(OC2CC2)c1C(F)(F)F. The molecule has 0 radical (unpaired) electrons. The van der Waals surface area contributed by atoms with Crippen molar-refractivity contribution in [2.45, 2.75) is 25.1 Å². The summed E-state index contributed by atoms with van der Waals surface area (Å²) in [7, 11) is 0. The summed E-state index contributed by atoms with van der Waals surface area (Å²) in [6, 6.07) is 3.11. The summed E-state index contributed by atoms with van der Waals surface area (Å²) in [6.07, 6.45) is -3.69. The van der Waals surface area contributed by atoms with Crippen LogP contribution in [0.2, 0.25) is 0 Å². The first-order valence-corrected chi connectivity index (χ1v) is 4.91. The molecule has 0 heterocycles. The topological polar surface area (TPSA) is 52.4 Å². The first kappa shape index (κ1) is 11.7. The summed E-state index contributed by atoms with van der Waals surface area (Å²) >= 11 is 0. The molecule has 17 heavy (non-hydrogen) atoms. The van der Waals surface area contributed by atoms with E-state index in [1.807, 2.05) is 0 Å². The van der Waals surface area contributed by atoms with Crippen LogP contribution >= 0.6 is 0 Å². The van der Waals surface area contributed by atoms with E-state index < -0.39 is 28.1 Å². The maximum absolute atomic E-state index is 12.8. The van der Waals surface area contributed by atoms with Gasteiger partial charge >= 0.3 is 6.18 Å². The Labute approximate surface area is 94.1 Å². The molecule has 0 atom stereocenters. The van der Waals surface area contributed by atoms with Gasteiger partial charge in [-0.3, -0.25) is 10.1 Å². The fraction of sp³-hybridized carbons (Fsp3) is 0.400. The molecule has 2 rings (SSSR count). The minimum atomic E-state index is -4.80. The second-order valence-electron chi connectivity index (χ2n) is 3.72. The summed E-state index contributed by atoms with van der Waals surface area (Å²) in [6.45, 7) is 0. The lowest BCUT2D eigenvalue weighted by Crippen LogP contribution is -2.12. The van der Waals surface area contributed by atoms with Gasteiger partial charge in [-0.25, -0.2) is 0 Å². The van der Waals surface area contributed by atoms with E-state index in [4.69, 9.17) is 4.74 Å². The van der Waals surface area contributed by atoms with E-state index in [9.17, 15) is 23.3 Å². The van der Waals surface area contributed by atoms with Crippen LogP contribution in [0.5, 0.6) is 5.75 Å². The highest BCUT2D eigenvalue weighted by Crippen LogP contribution is 2.43. The highest BCUT2D eigenvalue weighted by Gasteiger charge is 2.42. The van der Waals surface area contributed by atoms with Crippen molar-refractivity contribution in [2.24, 2.45) is 0 Å². The molecule has 0 unspecified atom stereocenters. The number of alkyl halides is 3. The van der Waals surface area contributed by atoms with Gasteiger partial charge in [-0.15, -0.1) is 0 Å². The van der Waals surface area contributed by atoms with Gasteiger partial charge in [0.05, 0.1) is 11.0 Å². The molecule has 0 saturated heterocycles. The average Bonchev–Trinajstić information content (AvgIpc) is 2.99. The van der Waals surface area contributed by atoms with Crippen molar-refractivity contribution in [3.63, 3.8) is 0 Å². The van der Waals surface area contributed by atoms with Crippen LogP contribution in [0, 0.1) is 10.1 Å². The summed E-state index contributed by atoms with van der Waals surface area (Å²) in [5.74, 6) is -0.464. The highest BCUT2D eigenvalue weighted by atomic mass is 19.4. The zero-order valence-electron chi connectivity index (χ0n) is 8.53. The van der Waals surface area contributed by atoms with Gasteiger partial charge in [0.1, 0.15) is 5.75 Å². The van der Waals surface area contributed by atoms with Crippen molar-refractivity contribution in [2.75, 3.05) is 0 Å². The summed E-state index contributed by atoms with van der Waals surface area (Å²) in [5.41, 5.74) is -2.28. The zero-order valence-corrected chi connectivity index (χ0v) is 8.53. The van der Waals surface area contributed by atoms with Crippen molar-refractivity contribution in [1.29, 1.82) is 0 Å². The van der Waals surface area contributed by atoms with E-state index in [2.05, 4.69) is 0 Å². The molecule has 1 fully saturated rings. The fourth-order valence-corrected chi connectivity index (χ4v) is 1.42. The number of ether oxygens (including phenoxy) is 1. The molecule has 1 aliphatic carbocycles. The van der Waals surface area contributed by atoms with Gasteiger partial charge < -0.3 is 4.74 Å². The van der Waals surface area contributed by atoms with Crippen molar-refractivity contribution in [3.8, 4) is 5.75 Å². The van der Waals surface area contributed by atoms with Gasteiger partial charge in [-0.1, -0.05) is 6.07 Å². The molecule has 0 amide bonds. The van der Waals surface area contributed by atoms with Crippen LogP contribution in [-0.2, 0) is 6.18 Å². The molecule has 1 aromatic carbocycles. The van der Waals surface area contributed by atoms with E-state index in [1.165, 1.54) is 6.07 Å². The number of hydrogen-bond donors (Lipinski definition) is 0. The van der Waals surface area contributed by atoms with Gasteiger partial charge in [-0.05, 0) is 18.9 Å². The molecule has 0 N–H and O–H groups in total. The second-order valence-corrected chi connectivity index (χ2v) is 3.72. The van der Waals surface area contributed by atoms with Crippen LogP contribution in [0.25, 0.3) is 0 Å². The summed E-state index contributed by atoms with van der Waals surface area (Å²) in [4.78, 5) is 9.52. The lowest BCUT2D eigenvalue weighted by atomic mass is 10.1. The Morgan fingerprint density at radius 3 is 2.47 bits per heavy atom. The smallest absolute Gasteiger partial charge is 0.426 e. The minimum absolute atomic E-state index is 0.252. The van der Waals surface area contributed by atoms with Gasteiger partial charge in [0, 0.05) is 6.07 Å². The van der Waals surface area contributed by atoms with Crippen LogP contribution in [0.4, 0.5) is 18.9 Å². The third-order valence-electron chi connectivity index (χ3n) is 2.30. The molecule has 92 valence electrons. The van der Waals surface area contributed by atoms with E-state index >= 15 is 0 Å². The number of rotatable bonds is 3. The Bertz CT molecular complexity index is 455. The van der Waals surface area contributed by atoms with Crippen LogP contribution in [0.15, 0.2) is 18.2 Å². The Balaban J connectivity index is 2.49. The predicted octanol–water partition coefficient (Wildman–Crippen LogP) is 3.15. The minimum Gasteiger partial charge on any atom is -0.490 e. The quantitative estimate of drug-likeness (QED) is 0.609. The van der Waals surface area contributed by atoms with Gasteiger partial charge in [0.15, 0.2) is 5.56 Å². The number of nitro benzene ring substituents is 1. The van der Waals surface area contributed by atoms with Gasteiger partial charge in [0.2, 0.25) is 0 Å². The molecule has 7 heteroatoms. The normalized spacial score (nSPS) is 15.7. The van der Waals surface area contributed by atoms with Crippen molar-refractivity contribution in [1.82, 2.24) is 0 Å². The molecule has 4 nitrogen and oxygen atoms in total. The summed E-state index contributed by atoms with van der Waals surface area (Å²) < 4.78 is 43.3. The Hall–Kier alpha value is -1.79. The van der Waals surface area contributed by atoms with Crippen molar-refractivity contribution >= 4 is 5.69 Å². The van der Waals surface area contributed by atoms with E-state index in [0.29, 0.717) is 12.8 Å². The van der Waals surface area contributed by atoms with Crippen LogP contribution in [0.3, 0.4) is 0 Å². The zero-order chi connectivity index (χ0) is 12.6. The Kier molecular flexibility index (Phi) is 2.68. The molecular weight excluding hydrogens is 239 g/mol. The molecular formula is C10H8F3NO3. The third-order valence-corrected chi connectivity index (χ3v) is 2.30. The van der Waals surface area contributed by atoms with Crippen LogP contribution in [-0.4, -0.2) is 11.0 Å². The average molecular weight is 247 g/mol. The molecule has 1 aliphatic rings. The second kappa shape index (κ2) is 3.90. The summed E-state index contributed by atoms with van der Waals surface area (Å²) in [5, 5.41) is 10.6. The lowest BCUT2D eigenvalue weighted by molar-refractivity contribution is -0.388. The lowest BCUT2D eigenvalue weighted by Gasteiger charge is -2.13. The van der Waals surface area contributed by atoms with Crippen molar-refractivity contribution in [3.05, 3.63) is 33.9 Å². The third kappa shape index (κ3) is 2.48. The Morgan fingerprint density at radius 1 is 1.35 bits per heavy atom. The fourth-order valence-electron chi connectivity index (χ4n) is 1.42. The number of benzene rings is 1. The molecule has 0 spiro atoms. The van der Waals surface area contributed by atoms with Crippen LogP contribution < -0.4 is 4.74 Å². The first-order chi connectivity index (χ1) is 7.89. The largest absolute Gasteiger partial charge is 0.490 e. The van der Waals surface area contributed by atoms with Crippen molar-refractivity contribution < 1.29 is 22.8 Å². The maximum atomic E-state index is 12.8. The highest BCUT2D eigenvalue weighted by molar-refractivity contribution is 5.51. The maximum Gasteiger partial charge on any atom is 0.426 e. The van der Waals surface area contributed by atoms with Gasteiger partial charge in [0.25, 0.3) is 5.69 Å². The van der Waals surface area contributed by atoms with Crippen LogP contribution in [0.1, 0.15) is 18.4 Å². The number of nitro groups is 1.